The van der Waals surface area contributed by atoms with E-state index in [1.54, 1.807) is 19.4 Å². The molecular formula is C18H25N5O2. The number of rotatable bonds is 5. The molecule has 0 saturated carbocycles. The van der Waals surface area contributed by atoms with Gasteiger partial charge in [-0.3, -0.25) is 0 Å². The van der Waals surface area contributed by atoms with Crippen LogP contribution in [0.5, 0.6) is 11.8 Å². The van der Waals surface area contributed by atoms with Gasteiger partial charge < -0.3 is 14.4 Å². The zero-order valence-electron chi connectivity index (χ0n) is 15.3. The van der Waals surface area contributed by atoms with E-state index in [1.165, 1.54) is 0 Å². The van der Waals surface area contributed by atoms with Gasteiger partial charge in [-0.2, -0.15) is 10.1 Å². The molecule has 1 fully saturated rings. The summed E-state index contributed by atoms with van der Waals surface area (Å²) >= 11 is 0. The number of methoxy groups -OCH3 is 1. The Kier molecular flexibility index (Phi) is 5.01. The monoisotopic (exact) mass is 343 g/mol. The molecule has 7 heteroatoms. The normalized spacial score (nSPS) is 17.6. The summed E-state index contributed by atoms with van der Waals surface area (Å²) in [5.74, 6) is 2.28. The highest BCUT2D eigenvalue weighted by Gasteiger charge is 2.25. The minimum Gasteiger partial charge on any atom is -0.481 e. The zero-order valence-corrected chi connectivity index (χ0v) is 15.3. The maximum atomic E-state index is 5.82. The Morgan fingerprint density at radius 1 is 1.16 bits per heavy atom. The molecule has 1 atom stereocenters. The molecule has 7 nitrogen and oxygen atoms in total. The van der Waals surface area contributed by atoms with E-state index in [2.05, 4.69) is 45.8 Å². The number of aromatic nitrogens is 4. The average molecular weight is 343 g/mol. The Balaban J connectivity index is 1.53. The van der Waals surface area contributed by atoms with Crippen LogP contribution >= 0.6 is 0 Å². The Hall–Kier alpha value is -2.44. The minimum absolute atomic E-state index is 0.00573. The minimum atomic E-state index is -0.00573. The summed E-state index contributed by atoms with van der Waals surface area (Å²) in [7, 11) is 1.61. The highest BCUT2D eigenvalue weighted by atomic mass is 16.5. The summed E-state index contributed by atoms with van der Waals surface area (Å²) in [6.07, 6.45) is 2.76. The van der Waals surface area contributed by atoms with Gasteiger partial charge in [-0.15, -0.1) is 5.10 Å². The summed E-state index contributed by atoms with van der Waals surface area (Å²) in [4.78, 5) is 10.9. The van der Waals surface area contributed by atoms with E-state index in [0.717, 1.165) is 25.2 Å². The second kappa shape index (κ2) is 7.21. The van der Waals surface area contributed by atoms with Crippen LogP contribution < -0.4 is 14.4 Å². The number of anilines is 1. The fourth-order valence-corrected chi connectivity index (χ4v) is 2.75. The fraction of sp³-hybridized carbons (Fsp3) is 0.556. The first kappa shape index (κ1) is 17.4. The summed E-state index contributed by atoms with van der Waals surface area (Å²) < 4.78 is 11.0. The lowest BCUT2D eigenvalue weighted by molar-refractivity contribution is 0.249. The maximum absolute atomic E-state index is 5.82. The molecule has 2 aromatic heterocycles. The van der Waals surface area contributed by atoms with Crippen LogP contribution in [0.2, 0.25) is 0 Å². The van der Waals surface area contributed by atoms with Gasteiger partial charge in [0.2, 0.25) is 17.7 Å². The smallest absolute Gasteiger partial charge is 0.233 e. The van der Waals surface area contributed by atoms with Gasteiger partial charge in [0.15, 0.2) is 0 Å². The van der Waals surface area contributed by atoms with Crippen molar-refractivity contribution in [3.05, 3.63) is 30.1 Å². The number of hydrogen-bond donors (Lipinski definition) is 0. The molecular weight excluding hydrogens is 318 g/mol. The molecule has 2 aromatic rings. The molecule has 0 radical (unpaired) electrons. The molecule has 0 bridgehead atoms. The van der Waals surface area contributed by atoms with Crippen molar-refractivity contribution < 1.29 is 9.47 Å². The van der Waals surface area contributed by atoms with Crippen LogP contribution in [-0.4, -0.2) is 47.0 Å². The van der Waals surface area contributed by atoms with E-state index in [9.17, 15) is 0 Å². The van der Waals surface area contributed by atoms with Crippen molar-refractivity contribution >= 4 is 5.95 Å². The molecule has 0 aliphatic carbocycles. The standard InChI is InChI=1S/C18H25N5O2/c1-18(2,3)14-5-6-16(22-21-14)25-12-13-8-10-23(11-13)17-19-9-7-15(20-17)24-4/h5-7,9,13H,8,10-12H2,1-4H3. The van der Waals surface area contributed by atoms with Crippen LogP contribution in [0, 0.1) is 5.92 Å². The van der Waals surface area contributed by atoms with Gasteiger partial charge in [-0.1, -0.05) is 20.8 Å². The number of ether oxygens (including phenoxy) is 2. The van der Waals surface area contributed by atoms with Gasteiger partial charge >= 0.3 is 0 Å². The summed E-state index contributed by atoms with van der Waals surface area (Å²) in [6, 6.07) is 5.62. The number of nitrogens with zero attached hydrogens (tertiary/aromatic N) is 5. The molecule has 1 unspecified atom stereocenters. The molecule has 25 heavy (non-hydrogen) atoms. The van der Waals surface area contributed by atoms with Gasteiger partial charge in [0, 0.05) is 42.8 Å². The molecule has 1 aliphatic heterocycles. The van der Waals surface area contributed by atoms with E-state index < -0.39 is 0 Å². The van der Waals surface area contributed by atoms with Gasteiger partial charge in [0.05, 0.1) is 19.4 Å². The molecule has 1 saturated heterocycles. The summed E-state index contributed by atoms with van der Waals surface area (Å²) in [6.45, 7) is 8.74. The van der Waals surface area contributed by atoms with Crippen molar-refractivity contribution in [3.8, 4) is 11.8 Å². The Morgan fingerprint density at radius 2 is 2.00 bits per heavy atom. The second-order valence-corrected chi connectivity index (χ2v) is 7.32. The van der Waals surface area contributed by atoms with E-state index >= 15 is 0 Å². The Bertz CT molecular complexity index is 699. The Labute approximate surface area is 148 Å². The van der Waals surface area contributed by atoms with Crippen molar-refractivity contribution in [3.63, 3.8) is 0 Å². The topological polar surface area (TPSA) is 73.3 Å². The van der Waals surface area contributed by atoms with Gasteiger partial charge in [-0.05, 0) is 12.5 Å². The first-order chi connectivity index (χ1) is 12.0. The summed E-state index contributed by atoms with van der Waals surface area (Å²) in [5.41, 5.74) is 0.955. The predicted octanol–water partition coefficient (Wildman–Crippen LogP) is 2.48. The molecule has 3 rings (SSSR count). The lowest BCUT2D eigenvalue weighted by Crippen LogP contribution is -2.24. The van der Waals surface area contributed by atoms with Crippen LogP contribution in [0.15, 0.2) is 24.4 Å². The van der Waals surface area contributed by atoms with Crippen molar-refractivity contribution in [2.24, 2.45) is 5.92 Å². The van der Waals surface area contributed by atoms with Crippen molar-refractivity contribution in [2.45, 2.75) is 32.6 Å². The molecule has 134 valence electrons. The molecule has 0 N–H and O–H groups in total. The SMILES string of the molecule is COc1ccnc(N2CCC(COc3ccc(C(C)(C)C)nn3)C2)n1. The van der Waals surface area contributed by atoms with Crippen molar-refractivity contribution in [1.82, 2.24) is 20.2 Å². The van der Waals surface area contributed by atoms with Crippen LogP contribution in [0.3, 0.4) is 0 Å². The third kappa shape index (κ3) is 4.35. The van der Waals surface area contributed by atoms with E-state index in [-0.39, 0.29) is 5.41 Å². The van der Waals surface area contributed by atoms with Gasteiger partial charge in [0.25, 0.3) is 0 Å². The van der Waals surface area contributed by atoms with Crippen LogP contribution in [0.25, 0.3) is 0 Å². The quantitative estimate of drug-likeness (QED) is 0.825. The molecule has 3 heterocycles. The lowest BCUT2D eigenvalue weighted by atomic mass is 9.92. The molecule has 0 spiro atoms. The van der Waals surface area contributed by atoms with E-state index in [1.807, 2.05) is 12.1 Å². The second-order valence-electron chi connectivity index (χ2n) is 7.32. The maximum Gasteiger partial charge on any atom is 0.233 e. The summed E-state index contributed by atoms with van der Waals surface area (Å²) in [5, 5.41) is 8.44. The zero-order chi connectivity index (χ0) is 17.9. The van der Waals surface area contributed by atoms with Gasteiger partial charge in [0.1, 0.15) is 0 Å². The molecule has 0 aromatic carbocycles. The average Bonchev–Trinajstić information content (AvgIpc) is 3.09. The molecule has 1 aliphatic rings. The van der Waals surface area contributed by atoms with Gasteiger partial charge in [-0.25, -0.2) is 4.98 Å². The molecule has 0 amide bonds. The van der Waals surface area contributed by atoms with Crippen LogP contribution in [-0.2, 0) is 5.41 Å². The number of hydrogen-bond acceptors (Lipinski definition) is 7. The van der Waals surface area contributed by atoms with Crippen LogP contribution in [0.4, 0.5) is 5.95 Å². The lowest BCUT2D eigenvalue weighted by Gasteiger charge is -2.18. The Morgan fingerprint density at radius 3 is 2.68 bits per heavy atom. The predicted molar refractivity (Wildman–Crippen MR) is 95.1 cm³/mol. The van der Waals surface area contributed by atoms with Crippen molar-refractivity contribution in [1.29, 1.82) is 0 Å². The first-order valence-corrected chi connectivity index (χ1v) is 8.54. The van der Waals surface area contributed by atoms with E-state index in [4.69, 9.17) is 9.47 Å². The van der Waals surface area contributed by atoms with E-state index in [0.29, 0.717) is 30.2 Å². The highest BCUT2D eigenvalue weighted by Crippen LogP contribution is 2.23. The van der Waals surface area contributed by atoms with Crippen molar-refractivity contribution in [2.75, 3.05) is 31.7 Å². The van der Waals surface area contributed by atoms with Crippen LogP contribution in [0.1, 0.15) is 32.9 Å². The highest BCUT2D eigenvalue weighted by molar-refractivity contribution is 5.33. The third-order valence-corrected chi connectivity index (χ3v) is 4.27. The first-order valence-electron chi connectivity index (χ1n) is 8.54. The third-order valence-electron chi connectivity index (χ3n) is 4.27. The fourth-order valence-electron chi connectivity index (χ4n) is 2.75. The largest absolute Gasteiger partial charge is 0.481 e.